The molecule has 0 aromatic heterocycles. The number of carbonyl (C=O) groups excluding carboxylic acids is 1. The number of likely N-dealkylation sites (N-methyl/N-ethyl adjacent to an activating group) is 1. The van der Waals surface area contributed by atoms with Crippen LogP contribution in [-0.2, 0) is 4.79 Å². The van der Waals surface area contributed by atoms with Gasteiger partial charge in [0, 0.05) is 6.04 Å². The van der Waals surface area contributed by atoms with Crippen LogP contribution in [0.4, 0.5) is 0 Å². The summed E-state index contributed by atoms with van der Waals surface area (Å²) >= 11 is 0. The topological polar surface area (TPSA) is 41.1 Å². The van der Waals surface area contributed by atoms with Gasteiger partial charge < -0.3 is 10.6 Å². The zero-order valence-corrected chi connectivity index (χ0v) is 8.98. The second-order valence-electron chi connectivity index (χ2n) is 4.47. The number of amides is 1. The summed E-state index contributed by atoms with van der Waals surface area (Å²) in [5.74, 6) is 0.811. The molecule has 0 saturated heterocycles. The van der Waals surface area contributed by atoms with E-state index in [1.165, 1.54) is 12.8 Å². The van der Waals surface area contributed by atoms with Gasteiger partial charge in [-0.15, -0.1) is 0 Å². The predicted molar refractivity (Wildman–Crippen MR) is 53.5 cm³/mol. The molecule has 1 unspecified atom stereocenters. The lowest BCUT2D eigenvalue weighted by Crippen LogP contribution is -2.53. The summed E-state index contributed by atoms with van der Waals surface area (Å²) in [4.78, 5) is 11.7. The molecule has 2 N–H and O–H groups in total. The van der Waals surface area contributed by atoms with Crippen molar-refractivity contribution in [3.63, 3.8) is 0 Å². The average molecular weight is 184 g/mol. The summed E-state index contributed by atoms with van der Waals surface area (Å²) < 4.78 is 0. The van der Waals surface area contributed by atoms with Gasteiger partial charge in [0.1, 0.15) is 0 Å². The van der Waals surface area contributed by atoms with E-state index in [4.69, 9.17) is 0 Å². The molecule has 1 aliphatic rings. The smallest absolute Gasteiger partial charge is 0.239 e. The van der Waals surface area contributed by atoms with Crippen molar-refractivity contribution in [2.24, 2.45) is 5.92 Å². The first-order valence-corrected chi connectivity index (χ1v) is 4.97. The minimum absolute atomic E-state index is 0.0920. The first kappa shape index (κ1) is 10.5. The Hall–Kier alpha value is -0.570. The largest absolute Gasteiger partial charge is 0.352 e. The van der Waals surface area contributed by atoms with Gasteiger partial charge in [0.05, 0.1) is 5.54 Å². The zero-order chi connectivity index (χ0) is 10.1. The second-order valence-corrected chi connectivity index (χ2v) is 4.47. The second kappa shape index (κ2) is 3.66. The molecule has 3 nitrogen and oxygen atoms in total. The zero-order valence-electron chi connectivity index (χ0n) is 8.98. The van der Waals surface area contributed by atoms with Crippen LogP contribution in [0.5, 0.6) is 0 Å². The molecule has 0 aromatic rings. The normalized spacial score (nSPS) is 19.7. The van der Waals surface area contributed by atoms with Crippen molar-refractivity contribution >= 4 is 5.91 Å². The van der Waals surface area contributed by atoms with Crippen molar-refractivity contribution in [1.82, 2.24) is 10.6 Å². The highest BCUT2D eigenvalue weighted by molar-refractivity contribution is 5.85. The van der Waals surface area contributed by atoms with Crippen LogP contribution in [0.15, 0.2) is 0 Å². The molecule has 1 atom stereocenters. The number of carbonyl (C=O) groups is 1. The molecule has 1 amide bonds. The van der Waals surface area contributed by atoms with Crippen molar-refractivity contribution < 1.29 is 4.79 Å². The van der Waals surface area contributed by atoms with Crippen LogP contribution < -0.4 is 10.6 Å². The highest BCUT2D eigenvalue weighted by Gasteiger charge is 2.32. The molecule has 76 valence electrons. The van der Waals surface area contributed by atoms with E-state index >= 15 is 0 Å². The summed E-state index contributed by atoms with van der Waals surface area (Å²) in [6, 6.07) is 0.333. The molecule has 1 rings (SSSR count). The maximum absolute atomic E-state index is 11.7. The van der Waals surface area contributed by atoms with Crippen LogP contribution in [0, 0.1) is 5.92 Å². The third kappa shape index (κ3) is 2.69. The quantitative estimate of drug-likeness (QED) is 0.681. The molecule has 0 heterocycles. The number of rotatable bonds is 4. The van der Waals surface area contributed by atoms with Gasteiger partial charge in [-0.3, -0.25) is 4.79 Å². The Morgan fingerprint density at radius 1 is 1.46 bits per heavy atom. The third-order valence-corrected chi connectivity index (χ3v) is 2.88. The molecule has 1 fully saturated rings. The monoisotopic (exact) mass is 184 g/mol. The van der Waals surface area contributed by atoms with Crippen molar-refractivity contribution in [2.45, 2.75) is 45.2 Å². The number of hydrogen-bond acceptors (Lipinski definition) is 2. The average Bonchev–Trinajstić information content (AvgIpc) is 2.86. The van der Waals surface area contributed by atoms with Gasteiger partial charge in [-0.1, -0.05) is 0 Å². The molecule has 0 spiro atoms. The van der Waals surface area contributed by atoms with Gasteiger partial charge in [-0.25, -0.2) is 0 Å². The van der Waals surface area contributed by atoms with Gasteiger partial charge in [0.25, 0.3) is 0 Å². The molecule has 0 radical (unpaired) electrons. The van der Waals surface area contributed by atoms with Crippen molar-refractivity contribution in [3.05, 3.63) is 0 Å². The first-order chi connectivity index (χ1) is 5.97. The van der Waals surface area contributed by atoms with Crippen LogP contribution in [0.25, 0.3) is 0 Å². The standard InChI is InChI=1S/C10H20N2O/c1-7(8-5-6-8)12-9(13)10(2,3)11-4/h7-8,11H,5-6H2,1-4H3,(H,12,13). The lowest BCUT2D eigenvalue weighted by atomic mass is 10.0. The molecule has 0 aromatic carbocycles. The van der Waals surface area contributed by atoms with Crippen molar-refractivity contribution in [2.75, 3.05) is 7.05 Å². The van der Waals surface area contributed by atoms with Crippen LogP contribution in [0.1, 0.15) is 33.6 Å². The van der Waals surface area contributed by atoms with E-state index in [0.717, 1.165) is 5.92 Å². The van der Waals surface area contributed by atoms with Crippen LogP contribution >= 0.6 is 0 Å². The summed E-state index contributed by atoms with van der Waals surface area (Å²) in [7, 11) is 1.81. The minimum atomic E-state index is -0.455. The molecular weight excluding hydrogens is 164 g/mol. The summed E-state index contributed by atoms with van der Waals surface area (Å²) in [5, 5.41) is 6.03. The highest BCUT2D eigenvalue weighted by Crippen LogP contribution is 2.32. The molecule has 13 heavy (non-hydrogen) atoms. The SMILES string of the molecule is CNC(C)(C)C(=O)NC(C)C1CC1. The van der Waals surface area contributed by atoms with Gasteiger partial charge >= 0.3 is 0 Å². The number of hydrogen-bond donors (Lipinski definition) is 2. The Kier molecular flexibility index (Phi) is 2.96. The van der Waals surface area contributed by atoms with E-state index in [1.54, 1.807) is 7.05 Å². The predicted octanol–water partition coefficient (Wildman–Crippen LogP) is 0.899. The first-order valence-electron chi connectivity index (χ1n) is 4.97. The van der Waals surface area contributed by atoms with E-state index in [0.29, 0.717) is 6.04 Å². The van der Waals surface area contributed by atoms with Gasteiger partial charge in [0.2, 0.25) is 5.91 Å². The van der Waals surface area contributed by atoms with E-state index in [2.05, 4.69) is 17.6 Å². The lowest BCUT2D eigenvalue weighted by Gasteiger charge is -2.25. The van der Waals surface area contributed by atoms with E-state index < -0.39 is 5.54 Å². The Bertz CT molecular complexity index is 197. The van der Waals surface area contributed by atoms with Gasteiger partial charge in [-0.2, -0.15) is 0 Å². The molecule has 0 aliphatic heterocycles. The molecule has 3 heteroatoms. The Balaban J connectivity index is 2.39. The minimum Gasteiger partial charge on any atom is -0.352 e. The molecule has 1 saturated carbocycles. The Morgan fingerprint density at radius 2 is 2.00 bits per heavy atom. The fourth-order valence-electron chi connectivity index (χ4n) is 1.21. The molecule has 1 aliphatic carbocycles. The van der Waals surface area contributed by atoms with E-state index in [1.807, 2.05) is 13.8 Å². The lowest BCUT2D eigenvalue weighted by molar-refractivity contribution is -0.127. The number of nitrogens with one attached hydrogen (secondary N) is 2. The Morgan fingerprint density at radius 3 is 2.38 bits per heavy atom. The maximum Gasteiger partial charge on any atom is 0.239 e. The fraction of sp³-hybridized carbons (Fsp3) is 0.900. The van der Waals surface area contributed by atoms with Crippen LogP contribution in [0.2, 0.25) is 0 Å². The van der Waals surface area contributed by atoms with Crippen LogP contribution in [-0.4, -0.2) is 24.5 Å². The third-order valence-electron chi connectivity index (χ3n) is 2.88. The highest BCUT2D eigenvalue weighted by atomic mass is 16.2. The van der Waals surface area contributed by atoms with E-state index in [-0.39, 0.29) is 5.91 Å². The van der Waals surface area contributed by atoms with Crippen LogP contribution in [0.3, 0.4) is 0 Å². The molecular formula is C10H20N2O. The van der Waals surface area contributed by atoms with E-state index in [9.17, 15) is 4.79 Å². The molecule has 0 bridgehead atoms. The van der Waals surface area contributed by atoms with Crippen molar-refractivity contribution in [3.8, 4) is 0 Å². The summed E-state index contributed by atoms with van der Waals surface area (Å²) in [6.45, 7) is 5.87. The van der Waals surface area contributed by atoms with Gasteiger partial charge in [-0.05, 0) is 46.6 Å². The summed E-state index contributed by atoms with van der Waals surface area (Å²) in [6.07, 6.45) is 2.53. The Labute approximate surface area is 80.3 Å². The van der Waals surface area contributed by atoms with Gasteiger partial charge in [0.15, 0.2) is 0 Å². The summed E-state index contributed by atoms with van der Waals surface area (Å²) in [5.41, 5.74) is -0.455. The maximum atomic E-state index is 11.7. The van der Waals surface area contributed by atoms with Crippen molar-refractivity contribution in [1.29, 1.82) is 0 Å². The fourth-order valence-corrected chi connectivity index (χ4v) is 1.21.